The maximum Gasteiger partial charge on any atom is 0.352 e. The van der Waals surface area contributed by atoms with Crippen LogP contribution in [0.25, 0.3) is 0 Å². The molecule has 1 rings (SSSR count). The van der Waals surface area contributed by atoms with Gasteiger partial charge in [-0.3, -0.25) is 14.6 Å². The summed E-state index contributed by atoms with van der Waals surface area (Å²) >= 11 is 0. The van der Waals surface area contributed by atoms with E-state index in [1.165, 1.54) is 6.92 Å². The van der Waals surface area contributed by atoms with Gasteiger partial charge in [-0.2, -0.15) is 0 Å². The number of carbonyl (C=O) groups excluding carboxylic acids is 2. The van der Waals surface area contributed by atoms with Crippen molar-refractivity contribution in [2.45, 2.75) is 13.8 Å². The minimum absolute atomic E-state index is 0.422. The van der Waals surface area contributed by atoms with Crippen LogP contribution in [0.15, 0.2) is 18.2 Å². The fourth-order valence-corrected chi connectivity index (χ4v) is 0.943. The normalized spacial score (nSPS) is 9.29. The Morgan fingerprint density at radius 2 is 2.14 bits per heavy atom. The van der Waals surface area contributed by atoms with Crippen molar-refractivity contribution in [3.8, 4) is 5.75 Å². The molecule has 0 saturated heterocycles. The van der Waals surface area contributed by atoms with E-state index in [0.29, 0.717) is 11.3 Å². The van der Waals surface area contributed by atoms with Crippen LogP contribution in [0.1, 0.15) is 22.8 Å². The average molecular weight is 194 g/mol. The monoisotopic (exact) mass is 194 g/mol. The Morgan fingerprint density at radius 1 is 1.43 bits per heavy atom. The predicted octanol–water partition coefficient (Wildman–Crippen LogP) is 1.66. The molecule has 0 aliphatic heterocycles. The van der Waals surface area contributed by atoms with Crippen molar-refractivity contribution in [3.63, 3.8) is 0 Å². The smallest absolute Gasteiger partial charge is 0.298 e. The van der Waals surface area contributed by atoms with Crippen molar-refractivity contribution in [1.29, 1.82) is 0 Å². The molecule has 0 spiro atoms. The first-order valence-electron chi connectivity index (χ1n) is 4.04. The Morgan fingerprint density at radius 3 is 2.64 bits per heavy atom. The van der Waals surface area contributed by atoms with Gasteiger partial charge in [-0.25, -0.2) is 4.79 Å². The molecule has 0 atom stereocenters. The van der Waals surface area contributed by atoms with E-state index in [1.807, 2.05) is 0 Å². The molecular formula is C10H10O4. The summed E-state index contributed by atoms with van der Waals surface area (Å²) in [4.78, 5) is 29.9. The maximum atomic E-state index is 10.4. The highest BCUT2D eigenvalue weighted by Gasteiger charge is 2.03. The fourth-order valence-electron chi connectivity index (χ4n) is 0.943. The first-order valence-corrected chi connectivity index (χ1v) is 4.04. The van der Waals surface area contributed by atoms with Gasteiger partial charge in [0.15, 0.2) is 5.75 Å². The Kier molecular flexibility index (Phi) is 3.23. The van der Waals surface area contributed by atoms with E-state index in [-0.39, 0.29) is 0 Å². The Bertz CT molecular complexity index is 357. The molecule has 0 heterocycles. The largest absolute Gasteiger partial charge is 0.352 e. The van der Waals surface area contributed by atoms with E-state index < -0.39 is 5.97 Å². The molecule has 4 nitrogen and oxygen atoms in total. The van der Waals surface area contributed by atoms with Gasteiger partial charge >= 0.3 is 5.97 Å². The van der Waals surface area contributed by atoms with Gasteiger partial charge < -0.3 is 0 Å². The van der Waals surface area contributed by atoms with Crippen LogP contribution < -0.4 is 4.89 Å². The van der Waals surface area contributed by atoms with E-state index in [1.54, 1.807) is 25.1 Å². The lowest BCUT2D eigenvalue weighted by molar-refractivity contribution is -0.211. The second-order valence-electron chi connectivity index (χ2n) is 2.80. The molecule has 0 aliphatic rings. The molecule has 0 aliphatic carbocycles. The maximum absolute atomic E-state index is 10.4. The van der Waals surface area contributed by atoms with Crippen molar-refractivity contribution in [1.82, 2.24) is 0 Å². The third-order valence-corrected chi connectivity index (χ3v) is 1.58. The number of aldehydes is 1. The highest BCUT2D eigenvalue weighted by atomic mass is 17.2. The molecule has 1 aromatic rings. The summed E-state index contributed by atoms with van der Waals surface area (Å²) in [5.74, 6) is -0.102. The summed E-state index contributed by atoms with van der Waals surface area (Å²) in [6.07, 6.45) is 0.739. The molecular weight excluding hydrogens is 184 g/mol. The van der Waals surface area contributed by atoms with Crippen LogP contribution in [0.2, 0.25) is 0 Å². The van der Waals surface area contributed by atoms with Gasteiger partial charge in [-0.1, -0.05) is 0 Å². The highest BCUT2D eigenvalue weighted by molar-refractivity contribution is 5.75. The summed E-state index contributed by atoms with van der Waals surface area (Å²) in [5, 5.41) is 0. The van der Waals surface area contributed by atoms with Gasteiger partial charge in [0.05, 0.1) is 0 Å². The zero-order valence-electron chi connectivity index (χ0n) is 7.94. The molecule has 0 saturated carbocycles. The van der Waals surface area contributed by atoms with Crippen LogP contribution in [0, 0.1) is 6.92 Å². The second-order valence-corrected chi connectivity index (χ2v) is 2.80. The first-order chi connectivity index (χ1) is 6.63. The highest BCUT2D eigenvalue weighted by Crippen LogP contribution is 2.18. The summed E-state index contributed by atoms with van der Waals surface area (Å²) in [5.41, 5.74) is 1.29. The lowest BCUT2D eigenvalue weighted by Crippen LogP contribution is -2.03. The fraction of sp³-hybridized carbons (Fsp3) is 0.200. The van der Waals surface area contributed by atoms with Gasteiger partial charge in [0, 0.05) is 12.5 Å². The minimum atomic E-state index is -0.524. The molecule has 0 bridgehead atoms. The zero-order chi connectivity index (χ0) is 10.6. The molecule has 0 amide bonds. The standard InChI is InChI=1S/C10H10O4/c1-7-5-9(6-11)3-4-10(7)14-13-8(2)12/h3-6H,1-2H3. The lowest BCUT2D eigenvalue weighted by Gasteiger charge is -2.05. The second kappa shape index (κ2) is 4.41. The van der Waals surface area contributed by atoms with Crippen LogP contribution >= 0.6 is 0 Å². The molecule has 4 heteroatoms. The van der Waals surface area contributed by atoms with E-state index in [4.69, 9.17) is 4.89 Å². The molecule has 0 unspecified atom stereocenters. The van der Waals surface area contributed by atoms with Crippen molar-refractivity contribution in [3.05, 3.63) is 29.3 Å². The predicted molar refractivity (Wildman–Crippen MR) is 49.0 cm³/mol. The molecule has 0 aromatic heterocycles. The van der Waals surface area contributed by atoms with Crippen LogP contribution in [0.4, 0.5) is 0 Å². The molecule has 0 fully saturated rings. The summed E-state index contributed by atoms with van der Waals surface area (Å²) in [7, 11) is 0. The van der Waals surface area contributed by atoms with Crippen molar-refractivity contribution < 1.29 is 19.4 Å². The van der Waals surface area contributed by atoms with Crippen molar-refractivity contribution >= 4 is 12.3 Å². The molecule has 0 radical (unpaired) electrons. The van der Waals surface area contributed by atoms with Gasteiger partial charge in [0.1, 0.15) is 6.29 Å². The number of hydrogen-bond acceptors (Lipinski definition) is 4. The SMILES string of the molecule is CC(=O)OOc1ccc(C=O)cc1C. The molecule has 14 heavy (non-hydrogen) atoms. The minimum Gasteiger partial charge on any atom is -0.298 e. The first kappa shape index (κ1) is 10.2. The van der Waals surface area contributed by atoms with E-state index in [9.17, 15) is 9.59 Å². The Labute approximate surface area is 81.4 Å². The van der Waals surface area contributed by atoms with Gasteiger partial charge in [0.2, 0.25) is 0 Å². The molecule has 1 aromatic carbocycles. The van der Waals surface area contributed by atoms with Crippen molar-refractivity contribution in [2.75, 3.05) is 0 Å². The zero-order valence-corrected chi connectivity index (χ0v) is 7.94. The van der Waals surface area contributed by atoms with Crippen LogP contribution in [0.5, 0.6) is 5.75 Å². The summed E-state index contributed by atoms with van der Waals surface area (Å²) in [6.45, 7) is 3.00. The summed E-state index contributed by atoms with van der Waals surface area (Å²) in [6, 6.07) is 4.80. The number of carbonyl (C=O) groups is 2. The number of rotatable bonds is 3. The van der Waals surface area contributed by atoms with E-state index in [0.717, 1.165) is 11.8 Å². The van der Waals surface area contributed by atoms with Gasteiger partial charge in [0.25, 0.3) is 0 Å². The number of hydrogen-bond donors (Lipinski definition) is 0. The number of benzene rings is 1. The van der Waals surface area contributed by atoms with Gasteiger partial charge in [-0.05, 0) is 30.7 Å². The van der Waals surface area contributed by atoms with E-state index in [2.05, 4.69) is 4.89 Å². The van der Waals surface area contributed by atoms with E-state index >= 15 is 0 Å². The topological polar surface area (TPSA) is 52.6 Å². The molecule has 74 valence electrons. The Hall–Kier alpha value is -1.84. The lowest BCUT2D eigenvalue weighted by atomic mass is 10.1. The average Bonchev–Trinajstić information content (AvgIpc) is 2.15. The number of aryl methyl sites for hydroxylation is 1. The van der Waals surface area contributed by atoms with Crippen LogP contribution in [0.3, 0.4) is 0 Å². The van der Waals surface area contributed by atoms with Crippen molar-refractivity contribution in [2.24, 2.45) is 0 Å². The third kappa shape index (κ3) is 2.58. The van der Waals surface area contributed by atoms with Crippen LogP contribution in [-0.2, 0) is 9.68 Å². The third-order valence-electron chi connectivity index (χ3n) is 1.58. The Balaban J connectivity index is 2.78. The van der Waals surface area contributed by atoms with Crippen LogP contribution in [-0.4, -0.2) is 12.3 Å². The van der Waals surface area contributed by atoms with Gasteiger partial charge in [-0.15, -0.1) is 0 Å². The molecule has 0 N–H and O–H groups in total. The summed E-state index contributed by atoms with van der Waals surface area (Å²) < 4.78 is 0. The quantitative estimate of drug-likeness (QED) is 0.417.